The van der Waals surface area contributed by atoms with Crippen LogP contribution in [0, 0.1) is 0 Å². The van der Waals surface area contributed by atoms with Crippen LogP contribution in [0.15, 0.2) is 48.5 Å². The van der Waals surface area contributed by atoms with Crippen molar-refractivity contribution in [2.45, 2.75) is 18.9 Å². The average molecular weight is 345 g/mol. The number of nitrogens with one attached hydrogen (secondary N) is 1. The molecular formula is C19H21ClN2O2. The van der Waals surface area contributed by atoms with Gasteiger partial charge in [-0.05, 0) is 56.3 Å². The third-order valence-corrected chi connectivity index (χ3v) is 4.53. The van der Waals surface area contributed by atoms with Gasteiger partial charge in [0.1, 0.15) is 5.75 Å². The quantitative estimate of drug-likeness (QED) is 0.918. The van der Waals surface area contributed by atoms with Gasteiger partial charge >= 0.3 is 0 Å². The van der Waals surface area contributed by atoms with E-state index in [1.807, 2.05) is 41.3 Å². The van der Waals surface area contributed by atoms with E-state index >= 15 is 0 Å². The predicted octanol–water partition coefficient (Wildman–Crippen LogP) is 3.75. The first-order valence-corrected chi connectivity index (χ1v) is 8.51. The van der Waals surface area contributed by atoms with Crippen LogP contribution in [0.4, 0.5) is 5.69 Å². The van der Waals surface area contributed by atoms with Crippen molar-refractivity contribution in [3.63, 3.8) is 0 Å². The SMILES string of the molecule is COc1cccc(N(C(=O)c2cccc(Cl)c2)C2CCNCC2)c1. The van der Waals surface area contributed by atoms with Crippen molar-refractivity contribution in [1.29, 1.82) is 0 Å². The monoisotopic (exact) mass is 344 g/mol. The Morgan fingerprint density at radius 1 is 1.17 bits per heavy atom. The predicted molar refractivity (Wildman–Crippen MR) is 97.1 cm³/mol. The van der Waals surface area contributed by atoms with Crippen molar-refractivity contribution in [3.8, 4) is 5.75 Å². The lowest BCUT2D eigenvalue weighted by Crippen LogP contribution is -2.46. The third-order valence-electron chi connectivity index (χ3n) is 4.30. The summed E-state index contributed by atoms with van der Waals surface area (Å²) < 4.78 is 5.33. The molecule has 24 heavy (non-hydrogen) atoms. The normalized spacial score (nSPS) is 15.1. The largest absolute Gasteiger partial charge is 0.497 e. The smallest absolute Gasteiger partial charge is 0.258 e. The Bertz CT molecular complexity index is 714. The molecule has 1 aliphatic heterocycles. The summed E-state index contributed by atoms with van der Waals surface area (Å²) in [6, 6.07) is 14.9. The fraction of sp³-hybridized carbons (Fsp3) is 0.316. The van der Waals surface area contributed by atoms with Crippen molar-refractivity contribution < 1.29 is 9.53 Å². The Morgan fingerprint density at radius 3 is 2.62 bits per heavy atom. The van der Waals surface area contributed by atoms with Crippen molar-refractivity contribution in [2.24, 2.45) is 0 Å². The maximum atomic E-state index is 13.2. The van der Waals surface area contributed by atoms with Crippen LogP contribution in [0.3, 0.4) is 0 Å². The number of amides is 1. The first kappa shape index (κ1) is 16.8. The lowest BCUT2D eigenvalue weighted by molar-refractivity contribution is 0.0971. The van der Waals surface area contributed by atoms with Gasteiger partial charge in [0.25, 0.3) is 5.91 Å². The second-order valence-corrected chi connectivity index (χ2v) is 6.30. The zero-order valence-electron chi connectivity index (χ0n) is 13.7. The van der Waals surface area contributed by atoms with Crippen LogP contribution in [0.25, 0.3) is 0 Å². The molecule has 3 rings (SSSR count). The standard InChI is InChI=1S/C19H21ClN2O2/c1-24-18-7-3-6-17(13-18)22(16-8-10-21-11-9-16)19(23)14-4-2-5-15(20)12-14/h2-7,12-13,16,21H,8-11H2,1H3. The number of carbonyl (C=O) groups is 1. The van der Waals surface area contributed by atoms with Gasteiger partial charge in [-0.25, -0.2) is 0 Å². The van der Waals surface area contributed by atoms with E-state index in [1.54, 1.807) is 19.2 Å². The van der Waals surface area contributed by atoms with Gasteiger partial charge in [0.2, 0.25) is 0 Å². The molecule has 0 spiro atoms. The van der Waals surface area contributed by atoms with E-state index in [1.165, 1.54) is 0 Å². The van der Waals surface area contributed by atoms with Crippen LogP contribution in [0.5, 0.6) is 5.75 Å². The second-order valence-electron chi connectivity index (χ2n) is 5.87. The molecule has 1 amide bonds. The van der Waals surface area contributed by atoms with Crippen molar-refractivity contribution in [1.82, 2.24) is 5.32 Å². The number of hydrogen-bond acceptors (Lipinski definition) is 3. The van der Waals surface area contributed by atoms with E-state index < -0.39 is 0 Å². The Kier molecular flexibility index (Phi) is 5.38. The van der Waals surface area contributed by atoms with Gasteiger partial charge in [-0.15, -0.1) is 0 Å². The minimum atomic E-state index is -0.0300. The zero-order chi connectivity index (χ0) is 16.9. The van der Waals surface area contributed by atoms with Crippen LogP contribution in [0.2, 0.25) is 5.02 Å². The van der Waals surface area contributed by atoms with Gasteiger partial charge in [-0.2, -0.15) is 0 Å². The highest BCUT2D eigenvalue weighted by Gasteiger charge is 2.28. The maximum Gasteiger partial charge on any atom is 0.258 e. The molecule has 1 fully saturated rings. The Labute approximate surface area is 147 Å². The van der Waals surface area contributed by atoms with E-state index in [0.717, 1.165) is 37.4 Å². The molecule has 0 unspecified atom stereocenters. The summed E-state index contributed by atoms with van der Waals surface area (Å²) in [6.07, 6.45) is 1.84. The molecule has 4 nitrogen and oxygen atoms in total. The van der Waals surface area contributed by atoms with E-state index in [-0.39, 0.29) is 11.9 Å². The van der Waals surface area contributed by atoms with Gasteiger partial charge in [0.05, 0.1) is 7.11 Å². The van der Waals surface area contributed by atoms with E-state index in [4.69, 9.17) is 16.3 Å². The molecule has 1 saturated heterocycles. The molecule has 0 aromatic heterocycles. The summed E-state index contributed by atoms with van der Waals surface area (Å²) in [5.41, 5.74) is 1.45. The number of rotatable bonds is 4. The second kappa shape index (κ2) is 7.69. The number of piperidine rings is 1. The first-order chi connectivity index (χ1) is 11.7. The number of halogens is 1. The molecule has 5 heteroatoms. The highest BCUT2D eigenvalue weighted by atomic mass is 35.5. The molecular weight excluding hydrogens is 324 g/mol. The molecule has 2 aromatic rings. The summed E-state index contributed by atoms with van der Waals surface area (Å²) >= 11 is 6.07. The Hall–Kier alpha value is -2.04. The van der Waals surface area contributed by atoms with Crippen LogP contribution in [-0.4, -0.2) is 32.1 Å². The molecule has 1 heterocycles. The van der Waals surface area contributed by atoms with Gasteiger partial charge in [0.15, 0.2) is 0 Å². The highest BCUT2D eigenvalue weighted by Crippen LogP contribution is 2.28. The van der Waals surface area contributed by atoms with E-state index in [2.05, 4.69) is 5.32 Å². The van der Waals surface area contributed by atoms with Crippen LogP contribution >= 0.6 is 11.6 Å². The summed E-state index contributed by atoms with van der Waals surface area (Å²) in [5.74, 6) is 0.711. The minimum Gasteiger partial charge on any atom is -0.497 e. The Balaban J connectivity index is 1.99. The van der Waals surface area contributed by atoms with Crippen molar-refractivity contribution in [3.05, 3.63) is 59.1 Å². The van der Waals surface area contributed by atoms with Crippen LogP contribution < -0.4 is 15.0 Å². The molecule has 0 atom stereocenters. The van der Waals surface area contributed by atoms with Gasteiger partial charge in [0, 0.05) is 28.4 Å². The molecule has 1 aliphatic rings. The summed E-state index contributed by atoms with van der Waals surface area (Å²) in [6.45, 7) is 1.82. The van der Waals surface area contributed by atoms with E-state index in [9.17, 15) is 4.79 Å². The highest BCUT2D eigenvalue weighted by molar-refractivity contribution is 6.31. The minimum absolute atomic E-state index is 0.0300. The van der Waals surface area contributed by atoms with Crippen LogP contribution in [0.1, 0.15) is 23.2 Å². The number of benzene rings is 2. The molecule has 0 bridgehead atoms. The number of ether oxygens (including phenoxy) is 1. The van der Waals surface area contributed by atoms with Gasteiger partial charge in [-0.1, -0.05) is 23.7 Å². The first-order valence-electron chi connectivity index (χ1n) is 8.13. The average Bonchev–Trinajstić information content (AvgIpc) is 2.63. The molecule has 126 valence electrons. The topological polar surface area (TPSA) is 41.6 Å². The summed E-state index contributed by atoms with van der Waals surface area (Å²) in [5, 5.41) is 3.91. The molecule has 0 radical (unpaired) electrons. The molecule has 1 N–H and O–H groups in total. The Morgan fingerprint density at radius 2 is 1.92 bits per heavy atom. The zero-order valence-corrected chi connectivity index (χ0v) is 14.4. The molecule has 2 aromatic carbocycles. The lowest BCUT2D eigenvalue weighted by atomic mass is 10.0. The summed E-state index contributed by atoms with van der Waals surface area (Å²) in [7, 11) is 1.63. The number of nitrogens with zero attached hydrogens (tertiary/aromatic N) is 1. The third kappa shape index (κ3) is 3.71. The number of carbonyl (C=O) groups excluding carboxylic acids is 1. The van der Waals surface area contributed by atoms with E-state index in [0.29, 0.717) is 10.6 Å². The molecule has 0 aliphatic carbocycles. The van der Waals surface area contributed by atoms with Crippen molar-refractivity contribution >= 4 is 23.2 Å². The van der Waals surface area contributed by atoms with Crippen molar-refractivity contribution in [2.75, 3.05) is 25.1 Å². The maximum absolute atomic E-state index is 13.2. The van der Waals surface area contributed by atoms with Crippen LogP contribution in [-0.2, 0) is 0 Å². The number of methoxy groups -OCH3 is 1. The van der Waals surface area contributed by atoms with Gasteiger partial charge < -0.3 is 15.0 Å². The number of anilines is 1. The lowest BCUT2D eigenvalue weighted by Gasteiger charge is -2.35. The molecule has 0 saturated carbocycles. The number of hydrogen-bond donors (Lipinski definition) is 1. The van der Waals surface area contributed by atoms with Gasteiger partial charge in [-0.3, -0.25) is 4.79 Å². The summed E-state index contributed by atoms with van der Waals surface area (Å²) in [4.78, 5) is 15.1. The fourth-order valence-electron chi connectivity index (χ4n) is 3.08. The fourth-order valence-corrected chi connectivity index (χ4v) is 3.27.